The number of hydrogen-bond acceptors (Lipinski definition) is 3. The topological polar surface area (TPSA) is 82.6 Å². The largest absolute Gasteiger partial charge is 0.352 e. The number of halogens is 1. The number of aliphatic imine (C=N–C) groups is 1. The third-order valence-corrected chi connectivity index (χ3v) is 5.97. The fraction of sp³-hybridized carbons (Fsp3) is 0.409. The van der Waals surface area contributed by atoms with Gasteiger partial charge in [-0.25, -0.2) is 13.1 Å². The van der Waals surface area contributed by atoms with E-state index >= 15 is 0 Å². The van der Waals surface area contributed by atoms with Crippen LogP contribution < -0.4 is 15.4 Å². The minimum atomic E-state index is -3.31. The first-order valence-corrected chi connectivity index (χ1v) is 11.6. The molecule has 0 fully saturated rings. The Balaban J connectivity index is 0.00000450. The maximum absolute atomic E-state index is 12.0. The highest BCUT2D eigenvalue weighted by atomic mass is 127. The van der Waals surface area contributed by atoms with E-state index < -0.39 is 10.0 Å². The van der Waals surface area contributed by atoms with Gasteiger partial charge in [-0.05, 0) is 42.5 Å². The van der Waals surface area contributed by atoms with Gasteiger partial charge in [-0.3, -0.25) is 4.99 Å². The van der Waals surface area contributed by atoms with Crippen LogP contribution in [-0.2, 0) is 35.3 Å². The molecule has 0 bridgehead atoms. The van der Waals surface area contributed by atoms with E-state index in [-0.39, 0.29) is 35.8 Å². The lowest BCUT2D eigenvalue weighted by Crippen LogP contribution is -2.36. The number of sulfonamides is 1. The van der Waals surface area contributed by atoms with Gasteiger partial charge < -0.3 is 10.6 Å². The number of nitrogens with one attached hydrogen (secondary N) is 3. The number of benzene rings is 2. The highest BCUT2D eigenvalue weighted by molar-refractivity contribution is 14.0. The van der Waals surface area contributed by atoms with Crippen LogP contribution >= 0.6 is 24.0 Å². The maximum atomic E-state index is 12.0. The summed E-state index contributed by atoms with van der Waals surface area (Å²) in [5.74, 6) is 0.711. The van der Waals surface area contributed by atoms with Crippen LogP contribution in [0, 0.1) is 0 Å². The van der Waals surface area contributed by atoms with E-state index in [1.54, 1.807) is 7.05 Å². The molecule has 0 heterocycles. The zero-order chi connectivity index (χ0) is 21.3. The van der Waals surface area contributed by atoms with E-state index in [9.17, 15) is 8.42 Å². The van der Waals surface area contributed by atoms with E-state index in [0.717, 1.165) is 23.5 Å². The van der Waals surface area contributed by atoms with Gasteiger partial charge in [0.1, 0.15) is 0 Å². The highest BCUT2D eigenvalue weighted by Gasteiger charge is 2.12. The minimum Gasteiger partial charge on any atom is -0.352 e. The summed E-state index contributed by atoms with van der Waals surface area (Å²) >= 11 is 0. The lowest BCUT2D eigenvalue weighted by molar-refractivity contribution is 0.569. The van der Waals surface area contributed by atoms with Gasteiger partial charge >= 0.3 is 0 Å². The molecule has 166 valence electrons. The predicted octanol–water partition coefficient (Wildman–Crippen LogP) is 3.56. The normalized spacial score (nSPS) is 11.8. The third kappa shape index (κ3) is 9.01. The van der Waals surface area contributed by atoms with Gasteiger partial charge in [-0.15, -0.1) is 24.0 Å². The van der Waals surface area contributed by atoms with E-state index in [0.29, 0.717) is 13.1 Å². The van der Waals surface area contributed by atoms with Gasteiger partial charge in [0.15, 0.2) is 5.96 Å². The van der Waals surface area contributed by atoms with Crippen LogP contribution in [0.2, 0.25) is 0 Å². The zero-order valence-corrected chi connectivity index (χ0v) is 21.3. The van der Waals surface area contributed by atoms with Crippen LogP contribution in [0.15, 0.2) is 53.5 Å². The van der Waals surface area contributed by atoms with Crippen LogP contribution in [0.4, 0.5) is 0 Å². The number of hydrogen-bond donors (Lipinski definition) is 3. The number of rotatable bonds is 9. The molecule has 3 N–H and O–H groups in total. The number of aryl methyl sites for hydroxylation is 1. The Bertz CT molecular complexity index is 913. The Morgan fingerprint density at radius 1 is 0.933 bits per heavy atom. The molecule has 2 aromatic rings. The molecular weight excluding hydrogens is 511 g/mol. The molecule has 0 aromatic heterocycles. The zero-order valence-electron chi connectivity index (χ0n) is 18.1. The van der Waals surface area contributed by atoms with Crippen molar-refractivity contribution in [3.05, 3.63) is 70.8 Å². The lowest BCUT2D eigenvalue weighted by Gasteiger charge is -2.14. The fourth-order valence-corrected chi connectivity index (χ4v) is 4.47. The van der Waals surface area contributed by atoms with Gasteiger partial charge in [-0.2, -0.15) is 0 Å². The second-order valence-electron chi connectivity index (χ2n) is 7.25. The van der Waals surface area contributed by atoms with Gasteiger partial charge in [-0.1, -0.05) is 55.5 Å². The first kappa shape index (κ1) is 26.4. The van der Waals surface area contributed by atoms with Crippen molar-refractivity contribution in [3.63, 3.8) is 0 Å². The molecule has 6 nitrogen and oxygen atoms in total. The first-order valence-electron chi connectivity index (χ1n) is 9.92. The smallest absolute Gasteiger partial charge is 0.216 e. The molecular formula is C22H33IN4O2S. The lowest BCUT2D eigenvalue weighted by atomic mass is 10.1. The van der Waals surface area contributed by atoms with Crippen LogP contribution in [0.5, 0.6) is 0 Å². The molecule has 0 unspecified atom stereocenters. The van der Waals surface area contributed by atoms with E-state index in [1.165, 1.54) is 11.1 Å². The Labute approximate surface area is 198 Å². The molecule has 0 radical (unpaired) electrons. The molecule has 0 atom stereocenters. The van der Waals surface area contributed by atoms with E-state index in [2.05, 4.69) is 45.5 Å². The maximum Gasteiger partial charge on any atom is 0.216 e. The monoisotopic (exact) mass is 544 g/mol. The van der Waals surface area contributed by atoms with E-state index in [1.807, 2.05) is 44.2 Å². The summed E-state index contributed by atoms with van der Waals surface area (Å²) in [6, 6.07) is 15.8. The summed E-state index contributed by atoms with van der Waals surface area (Å²) in [5.41, 5.74) is 4.41. The summed E-state index contributed by atoms with van der Waals surface area (Å²) < 4.78 is 26.7. The molecule has 2 rings (SSSR count). The molecule has 0 spiro atoms. The Morgan fingerprint density at radius 2 is 1.50 bits per heavy atom. The van der Waals surface area contributed by atoms with Crippen molar-refractivity contribution in [2.24, 2.45) is 4.99 Å². The molecule has 0 saturated heterocycles. The van der Waals surface area contributed by atoms with Crippen molar-refractivity contribution in [1.29, 1.82) is 0 Å². The van der Waals surface area contributed by atoms with Crippen molar-refractivity contribution in [2.75, 3.05) is 7.05 Å². The SMILES string of the molecule is CCc1ccccc1CNC(=NC)NCc1ccc(CS(=O)(=O)NC(C)C)cc1.I. The van der Waals surface area contributed by atoms with Crippen LogP contribution in [-0.4, -0.2) is 27.5 Å². The van der Waals surface area contributed by atoms with Gasteiger partial charge in [0.2, 0.25) is 10.0 Å². The van der Waals surface area contributed by atoms with Crippen molar-refractivity contribution in [3.8, 4) is 0 Å². The molecule has 8 heteroatoms. The Morgan fingerprint density at radius 3 is 2.07 bits per heavy atom. The molecule has 0 aliphatic carbocycles. The summed E-state index contributed by atoms with van der Waals surface area (Å²) in [6.45, 7) is 7.09. The van der Waals surface area contributed by atoms with Crippen molar-refractivity contribution < 1.29 is 8.42 Å². The highest BCUT2D eigenvalue weighted by Crippen LogP contribution is 2.10. The quantitative estimate of drug-likeness (QED) is 0.256. The number of nitrogens with zero attached hydrogens (tertiary/aromatic N) is 1. The first-order chi connectivity index (χ1) is 13.8. The van der Waals surface area contributed by atoms with Crippen molar-refractivity contribution in [2.45, 2.75) is 52.1 Å². The van der Waals surface area contributed by atoms with Crippen molar-refractivity contribution in [1.82, 2.24) is 15.4 Å². The molecule has 30 heavy (non-hydrogen) atoms. The summed E-state index contributed by atoms with van der Waals surface area (Å²) in [5, 5.41) is 6.64. The Hall–Kier alpha value is -1.65. The standard InChI is InChI=1S/C22H32N4O2S.HI/c1-5-20-8-6-7-9-21(20)15-25-22(23-4)24-14-18-10-12-19(13-11-18)16-29(27,28)26-17(2)3;/h6-13,17,26H,5,14-16H2,1-4H3,(H2,23,24,25);1H. The van der Waals surface area contributed by atoms with Gasteiger partial charge in [0.05, 0.1) is 5.75 Å². The van der Waals surface area contributed by atoms with Crippen molar-refractivity contribution >= 4 is 40.0 Å². The average molecular weight is 545 g/mol. The predicted molar refractivity (Wildman–Crippen MR) is 136 cm³/mol. The molecule has 2 aromatic carbocycles. The second kappa shape index (κ2) is 12.9. The second-order valence-corrected chi connectivity index (χ2v) is 9.00. The number of guanidine groups is 1. The summed E-state index contributed by atoms with van der Waals surface area (Å²) in [6.07, 6.45) is 0.999. The average Bonchev–Trinajstić information content (AvgIpc) is 2.68. The molecule has 0 amide bonds. The van der Waals surface area contributed by atoms with Crippen LogP contribution in [0.3, 0.4) is 0 Å². The molecule has 0 saturated carbocycles. The van der Waals surface area contributed by atoms with Crippen LogP contribution in [0.25, 0.3) is 0 Å². The fourth-order valence-electron chi connectivity index (χ4n) is 3.03. The molecule has 0 aliphatic heterocycles. The third-order valence-electron chi connectivity index (χ3n) is 4.42. The Kier molecular flexibility index (Phi) is 11.4. The van der Waals surface area contributed by atoms with Gasteiger partial charge in [0, 0.05) is 26.2 Å². The summed E-state index contributed by atoms with van der Waals surface area (Å²) in [4.78, 5) is 4.27. The van der Waals surface area contributed by atoms with Crippen LogP contribution in [0.1, 0.15) is 43.0 Å². The molecule has 0 aliphatic rings. The van der Waals surface area contributed by atoms with Gasteiger partial charge in [0.25, 0.3) is 0 Å². The summed E-state index contributed by atoms with van der Waals surface area (Å²) in [7, 11) is -1.56. The van der Waals surface area contributed by atoms with E-state index in [4.69, 9.17) is 0 Å². The minimum absolute atomic E-state index is 0.